The number of phenolic OH excluding ortho intramolecular Hbond substituents is 1. The Hall–Kier alpha value is -6.73. The van der Waals surface area contributed by atoms with Crippen LogP contribution in [0.3, 0.4) is 0 Å². The van der Waals surface area contributed by atoms with E-state index in [1.54, 1.807) is 36.0 Å². The van der Waals surface area contributed by atoms with Crippen molar-refractivity contribution in [2.24, 2.45) is 11.3 Å². The number of aromatic hydroxyl groups is 1. The van der Waals surface area contributed by atoms with Crippen LogP contribution in [-0.4, -0.2) is 157 Å². The van der Waals surface area contributed by atoms with Gasteiger partial charge in [0.05, 0.1) is 0 Å². The maximum atomic E-state index is 13.5. The van der Waals surface area contributed by atoms with Crippen molar-refractivity contribution in [1.29, 1.82) is 0 Å². The highest BCUT2D eigenvalue weighted by atomic mass is 32.2. The Bertz CT molecular complexity index is 5200. The molecule has 0 spiro atoms. The summed E-state index contributed by atoms with van der Waals surface area (Å²) in [5, 5.41) is 11.2. The lowest BCUT2D eigenvalue weighted by atomic mass is 9.87. The Morgan fingerprint density at radius 1 is 0.369 bits per heavy atom. The molecule has 810 valence electrons. The number of hydrogen-bond acceptors (Lipinski definition) is 9. The van der Waals surface area contributed by atoms with E-state index in [-0.39, 0.29) is 97.2 Å². The minimum atomic E-state index is -0.218. The zero-order valence-corrected chi connectivity index (χ0v) is 101. The average molecular weight is 2170 g/mol. The van der Waals surface area contributed by atoms with Gasteiger partial charge in [-0.25, -0.2) is 0 Å². The molecule has 9 aromatic rings. The molecule has 2 aliphatic carbocycles. The average Bonchev–Trinajstić information content (AvgIpc) is 1.79. The first-order valence-corrected chi connectivity index (χ1v) is 69.6. The number of carbonyl (C=O) groups excluding carboxylic acids is 7. The first kappa shape index (κ1) is 126. The largest absolute Gasteiger partial charge is 0.508 e. The van der Waals surface area contributed by atoms with E-state index in [0.29, 0.717) is 73.4 Å². The third kappa shape index (κ3) is 44.1. The molecule has 6 aliphatic rings. The van der Waals surface area contributed by atoms with Crippen LogP contribution in [0.2, 0.25) is 0 Å². The van der Waals surface area contributed by atoms with E-state index in [2.05, 4.69) is 158 Å². The van der Waals surface area contributed by atoms with Crippen LogP contribution in [-0.2, 0) is 76.3 Å². The smallest absolute Gasteiger partial charge is 0.219 e. The number of ketones is 7. The van der Waals surface area contributed by atoms with Crippen LogP contribution in [0.5, 0.6) is 5.75 Å². The van der Waals surface area contributed by atoms with Gasteiger partial charge in [0, 0.05) is 98.3 Å². The van der Waals surface area contributed by atoms with Gasteiger partial charge in [-0.2, -0.15) is 0 Å². The van der Waals surface area contributed by atoms with Crippen LogP contribution in [0.1, 0.15) is 401 Å². The van der Waals surface area contributed by atoms with Gasteiger partial charge in [-0.3, -0.25) is 33.6 Å². The minimum Gasteiger partial charge on any atom is -0.508 e. The summed E-state index contributed by atoms with van der Waals surface area (Å²) in [4.78, 5) is 92.1. The van der Waals surface area contributed by atoms with Crippen molar-refractivity contribution in [2.45, 2.75) is 368 Å². The summed E-state index contributed by atoms with van der Waals surface area (Å²) in [5.74, 6) is 19.4. The molecule has 0 amide bonds. The Labute approximate surface area is 928 Å². The van der Waals surface area contributed by atoms with Crippen molar-refractivity contribution in [1.82, 2.24) is 0 Å². The van der Waals surface area contributed by atoms with Crippen LogP contribution in [0.25, 0.3) is 0 Å². The van der Waals surface area contributed by atoms with Crippen molar-refractivity contribution < 1.29 is 38.7 Å². The lowest BCUT2D eigenvalue weighted by molar-refractivity contribution is 0.0942. The SMILES string of the molecule is CC(C)(C(=O)c1ccc(Sc2ccccc2)cc1)[S+]1CCCC1.CC(C)[S+](C1CCCCC1)C(C(=O)c1ccccc1)C1CCCC1.CCCCCCCC[S+](CCCCCCCC)CC(=O)c1ccccc1.CCCC[S+](CCCC)C(C(=O)c1ccc(C)cc1)C(C)(C)C.Cc1cc(C)cc(C(=O)C(C)[S+]2CCCCC2)c1.O=C(C[S+]1CCCC1)c1ccc(O)cc1.O=C(c1ccccc1)C(c1ccccc1)[S+]1CCCC1. The number of Topliss-reactive ketones (excluding diaryl/α,β-unsaturated/α-hetero) is 7. The number of hydrogen-bond donors (Lipinski definition) is 1. The van der Waals surface area contributed by atoms with E-state index in [1.807, 2.05) is 164 Å². The number of benzene rings is 9. The molecule has 9 aromatic carbocycles. The normalized spacial score (nSPS) is 16.3. The van der Waals surface area contributed by atoms with Crippen molar-refractivity contribution in [2.75, 3.05) is 80.5 Å². The number of carbonyl (C=O) groups is 7. The summed E-state index contributed by atoms with van der Waals surface area (Å²) in [5.41, 5.74) is 10.9. The van der Waals surface area contributed by atoms with E-state index in [1.165, 1.54) is 319 Å². The monoisotopic (exact) mass is 2170 g/mol. The summed E-state index contributed by atoms with van der Waals surface area (Å²) in [6, 6.07) is 79.5. The maximum Gasteiger partial charge on any atom is 0.219 e. The van der Waals surface area contributed by atoms with Crippen LogP contribution in [0, 0.1) is 32.1 Å². The van der Waals surface area contributed by atoms with Crippen LogP contribution < -0.4 is 0 Å². The number of phenols is 1. The number of aryl methyl sites for hydroxylation is 3. The standard InChI is InChI=1S/C24H41OS.C22H33OS.C21H35OS.C20H23OS2.C18H19OS.C16H23OS.C12H14O2S/c1-3-5-7-9-11-16-20-26(21-17-12-10-8-6-4-2)22-24(25)23-18-14-13-15-19-23;1-17(2)24(20-15-7-4-8-16-20)22(19-13-9-10-14-19)21(23)18-11-5-3-6-12-18;1-7-9-15-23(16-10-8-2)20(21(4,5)6)19(22)18-13-11-17(3)12-14-18;1-20(2,23-14-6-7-15-23)19(21)16-10-12-18(13-11-16)22-17-8-4-3-5-9-17;19-17(15-9-3-1-4-10-15)18(20-13-7-8-14-20)16-11-5-2-6-12-16;1-12-9-13(2)11-15(10-12)16(17)14(3)18-7-5-4-6-8-18;13-11-5-3-10(4-6-11)12(14)9-15-7-1-2-8-15/h13-15,18-19H,3-12,16-17,20-22H2,1-2H3;3,5-6,11-12,17,19-20,22H,4,7-10,13-16H2,1-2H3;11-14,20H,7-10,15-16H2,1-6H3;3-5,8-13H,6-7,14-15H2,1-2H3;1-6,9-12,18H,7-8,13-14H2;9-11,14H,4-8H2,1-3H3;3-6H,1-2,7-9H2/q6*+1;/p+1. The Morgan fingerprint density at radius 2 is 0.779 bits per heavy atom. The van der Waals surface area contributed by atoms with E-state index in [9.17, 15) is 33.6 Å². The summed E-state index contributed by atoms with van der Waals surface area (Å²) < 4.78 is -0.218. The third-order valence-electron chi connectivity index (χ3n) is 29.7. The highest BCUT2D eigenvalue weighted by Gasteiger charge is 2.52. The first-order valence-electron chi connectivity index (χ1n) is 57.4. The second-order valence-electron chi connectivity index (χ2n) is 43.8. The second-order valence-corrected chi connectivity index (χ2v) is 62.7. The summed E-state index contributed by atoms with van der Waals surface area (Å²) in [6.45, 7) is 33.1. The molecule has 4 saturated heterocycles. The van der Waals surface area contributed by atoms with Crippen molar-refractivity contribution in [3.63, 3.8) is 0 Å². The Balaban J connectivity index is 0.000000194. The molecule has 0 bridgehead atoms. The molecular weight excluding hydrogens is 1980 g/mol. The fourth-order valence-corrected chi connectivity index (χ4v) is 41.8. The summed E-state index contributed by atoms with van der Waals surface area (Å²) in [7, 11) is 1.78. The van der Waals surface area contributed by atoms with E-state index < -0.39 is 0 Å². The molecular formula is C133H189O8S8+7. The molecule has 5 unspecified atom stereocenters. The highest BCUT2D eigenvalue weighted by molar-refractivity contribution is 8.00. The van der Waals surface area contributed by atoms with Gasteiger partial charge in [-0.1, -0.05) is 342 Å². The third-order valence-corrected chi connectivity index (χ3v) is 51.0. The predicted octanol–water partition coefficient (Wildman–Crippen LogP) is 33.7. The van der Waals surface area contributed by atoms with Crippen LogP contribution in [0.15, 0.2) is 252 Å². The molecule has 1 N–H and O–H groups in total. The molecule has 4 heterocycles. The minimum absolute atomic E-state index is 0.0204. The van der Waals surface area contributed by atoms with Gasteiger partial charge in [-0.05, 0) is 294 Å². The fraction of sp³-hybridized carbons (Fsp3) is 0.541. The van der Waals surface area contributed by atoms with Gasteiger partial charge in [-0.15, -0.1) is 0 Å². The van der Waals surface area contributed by atoms with Crippen molar-refractivity contribution >= 4 is 129 Å². The van der Waals surface area contributed by atoms with E-state index >= 15 is 0 Å². The van der Waals surface area contributed by atoms with Gasteiger partial charge >= 0.3 is 0 Å². The lowest BCUT2D eigenvalue weighted by Crippen LogP contribution is -2.47. The second kappa shape index (κ2) is 70.0. The van der Waals surface area contributed by atoms with Crippen LogP contribution >= 0.6 is 11.8 Å². The van der Waals surface area contributed by atoms with Gasteiger partial charge in [0.15, 0.2) is 32.0 Å². The summed E-state index contributed by atoms with van der Waals surface area (Å²) >= 11 is 1.73. The van der Waals surface area contributed by atoms with Gasteiger partial charge in [0.25, 0.3) is 0 Å². The maximum absolute atomic E-state index is 13.5. The Kier molecular flexibility index (Phi) is 59.1. The molecule has 2 saturated carbocycles. The van der Waals surface area contributed by atoms with Crippen molar-refractivity contribution in [3.05, 3.63) is 304 Å². The molecule has 15 rings (SSSR count). The van der Waals surface area contributed by atoms with Crippen LogP contribution in [0.4, 0.5) is 0 Å². The van der Waals surface area contributed by atoms with Gasteiger partial charge < -0.3 is 5.11 Å². The quantitative estimate of drug-likeness (QED) is 0.0224. The highest BCUT2D eigenvalue weighted by Crippen LogP contribution is 2.42. The number of rotatable bonds is 47. The molecule has 16 heteroatoms. The lowest BCUT2D eigenvalue weighted by Gasteiger charge is -2.32. The molecule has 6 fully saturated rings. The fourth-order valence-electron chi connectivity index (χ4n) is 21.3. The molecule has 8 nitrogen and oxygen atoms in total. The Morgan fingerprint density at radius 3 is 1.28 bits per heavy atom. The molecule has 0 aromatic heterocycles. The number of unbranched alkanes of at least 4 members (excludes halogenated alkanes) is 12. The molecule has 4 aliphatic heterocycles. The van der Waals surface area contributed by atoms with E-state index in [0.717, 1.165) is 49.9 Å². The summed E-state index contributed by atoms with van der Waals surface area (Å²) in [6.07, 6.45) is 44.8. The topological polar surface area (TPSA) is 140 Å². The van der Waals surface area contributed by atoms with Gasteiger partial charge in [0.2, 0.25) is 45.7 Å². The van der Waals surface area contributed by atoms with E-state index in [4.69, 9.17) is 5.11 Å². The predicted molar refractivity (Wildman–Crippen MR) is 663 cm³/mol. The zero-order chi connectivity index (χ0) is 107. The zero-order valence-electron chi connectivity index (χ0n) is 94.1. The van der Waals surface area contributed by atoms with Gasteiger partial charge in [0.1, 0.15) is 85.3 Å². The van der Waals surface area contributed by atoms with Crippen molar-refractivity contribution in [3.8, 4) is 5.75 Å². The molecule has 0 radical (unpaired) electrons. The molecule has 5 atom stereocenters. The first-order chi connectivity index (χ1) is 72.0. The molecule has 149 heavy (non-hydrogen) atoms.